The summed E-state index contributed by atoms with van der Waals surface area (Å²) in [6.45, 7) is 6.86. The van der Waals surface area contributed by atoms with Gasteiger partial charge < -0.3 is 10.1 Å². The average molecular weight is 356 g/mol. The fourth-order valence-electron chi connectivity index (χ4n) is 2.35. The van der Waals surface area contributed by atoms with Crippen LogP contribution in [0.1, 0.15) is 18.9 Å². The highest BCUT2D eigenvalue weighted by Gasteiger charge is 2.09. The third-order valence-corrected chi connectivity index (χ3v) is 3.92. The third kappa shape index (κ3) is 6.10. The lowest BCUT2D eigenvalue weighted by molar-refractivity contribution is 0.0376. The van der Waals surface area contributed by atoms with Gasteiger partial charge in [0.05, 0.1) is 18.9 Å². The van der Waals surface area contributed by atoms with Crippen LogP contribution in [0.3, 0.4) is 0 Å². The number of morpholine rings is 1. The van der Waals surface area contributed by atoms with Crippen LogP contribution in [0, 0.1) is 11.6 Å². The Balaban J connectivity index is 1.69. The van der Waals surface area contributed by atoms with Crippen LogP contribution in [0.25, 0.3) is 0 Å². The molecule has 1 aromatic carbocycles. The van der Waals surface area contributed by atoms with Crippen molar-refractivity contribution in [2.24, 2.45) is 5.10 Å². The van der Waals surface area contributed by atoms with E-state index < -0.39 is 11.6 Å². The van der Waals surface area contributed by atoms with E-state index in [1.165, 1.54) is 12.1 Å². The van der Waals surface area contributed by atoms with Crippen LogP contribution in [0.2, 0.25) is 0 Å². The summed E-state index contributed by atoms with van der Waals surface area (Å²) in [6.07, 6.45) is 0.955. The summed E-state index contributed by atoms with van der Waals surface area (Å²) >= 11 is 5.13. The number of nitrogens with zero attached hydrogens (tertiary/aromatic N) is 2. The van der Waals surface area contributed by atoms with Gasteiger partial charge in [0.2, 0.25) is 0 Å². The van der Waals surface area contributed by atoms with Gasteiger partial charge in [-0.15, -0.1) is 0 Å². The lowest BCUT2D eigenvalue weighted by atomic mass is 10.1. The van der Waals surface area contributed by atoms with Gasteiger partial charge in [-0.2, -0.15) is 5.10 Å². The van der Waals surface area contributed by atoms with E-state index in [0.717, 1.165) is 51.9 Å². The summed E-state index contributed by atoms with van der Waals surface area (Å²) < 4.78 is 31.8. The highest BCUT2D eigenvalue weighted by atomic mass is 32.1. The molecule has 0 spiro atoms. The van der Waals surface area contributed by atoms with Gasteiger partial charge in [-0.3, -0.25) is 10.3 Å². The maximum Gasteiger partial charge on any atom is 0.186 e. The van der Waals surface area contributed by atoms with Crippen molar-refractivity contribution >= 4 is 23.0 Å². The number of benzene rings is 1. The highest BCUT2D eigenvalue weighted by Crippen LogP contribution is 2.10. The Morgan fingerprint density at radius 1 is 1.33 bits per heavy atom. The van der Waals surface area contributed by atoms with Crippen molar-refractivity contribution in [3.8, 4) is 0 Å². The van der Waals surface area contributed by atoms with Crippen molar-refractivity contribution in [1.29, 1.82) is 0 Å². The van der Waals surface area contributed by atoms with Gasteiger partial charge in [-0.1, -0.05) is 0 Å². The molecule has 1 aliphatic heterocycles. The van der Waals surface area contributed by atoms with Gasteiger partial charge in [0, 0.05) is 31.3 Å². The molecule has 8 heteroatoms. The van der Waals surface area contributed by atoms with E-state index >= 15 is 0 Å². The van der Waals surface area contributed by atoms with Gasteiger partial charge in [-0.05, 0) is 44.2 Å². The average Bonchev–Trinajstić information content (AvgIpc) is 2.57. The van der Waals surface area contributed by atoms with Gasteiger partial charge >= 0.3 is 0 Å². The first kappa shape index (κ1) is 18.7. The predicted octanol–water partition coefficient (Wildman–Crippen LogP) is 1.88. The Labute approximate surface area is 146 Å². The smallest absolute Gasteiger partial charge is 0.186 e. The second-order valence-electron chi connectivity index (χ2n) is 5.50. The first-order valence-corrected chi connectivity index (χ1v) is 8.31. The minimum absolute atomic E-state index is 0.235. The van der Waals surface area contributed by atoms with Crippen molar-refractivity contribution < 1.29 is 13.5 Å². The number of rotatable bonds is 6. The van der Waals surface area contributed by atoms with E-state index in [0.29, 0.717) is 10.8 Å². The maximum atomic E-state index is 13.6. The Bertz CT molecular complexity index is 591. The molecule has 2 rings (SSSR count). The molecule has 24 heavy (non-hydrogen) atoms. The van der Waals surface area contributed by atoms with Gasteiger partial charge in [-0.25, -0.2) is 8.78 Å². The molecule has 1 fully saturated rings. The standard InChI is InChI=1S/C16H22F2N4OS/c1-12(14-4-3-13(17)11-15(14)18)20-21-16(24)19-5-2-6-22-7-9-23-10-8-22/h3-4,11H,2,5-10H2,1H3,(H2,19,21,24)/b20-12-. The van der Waals surface area contributed by atoms with Crippen LogP contribution in [-0.2, 0) is 4.74 Å². The van der Waals surface area contributed by atoms with E-state index in [1.54, 1.807) is 6.92 Å². The van der Waals surface area contributed by atoms with Crippen LogP contribution >= 0.6 is 12.2 Å². The Hall–Kier alpha value is -1.64. The second kappa shape index (κ2) is 9.61. The lowest BCUT2D eigenvalue weighted by Gasteiger charge is -2.26. The van der Waals surface area contributed by atoms with Crippen LogP contribution < -0.4 is 10.7 Å². The first-order chi connectivity index (χ1) is 11.6. The number of nitrogens with one attached hydrogen (secondary N) is 2. The Kier molecular flexibility index (Phi) is 7.48. The van der Waals surface area contributed by atoms with Crippen LogP contribution in [0.4, 0.5) is 8.78 Å². The molecule has 0 atom stereocenters. The molecule has 0 unspecified atom stereocenters. The maximum absolute atomic E-state index is 13.6. The second-order valence-corrected chi connectivity index (χ2v) is 5.90. The van der Waals surface area contributed by atoms with Crippen LogP contribution in [0.15, 0.2) is 23.3 Å². The molecule has 0 bridgehead atoms. The molecule has 0 aliphatic carbocycles. The van der Waals surface area contributed by atoms with Crippen molar-refractivity contribution in [1.82, 2.24) is 15.6 Å². The normalized spacial score (nSPS) is 16.0. The molecule has 132 valence electrons. The molecule has 0 aromatic heterocycles. The SMILES string of the molecule is C/C(=N/NC(=S)NCCCN1CCOCC1)c1ccc(F)cc1F. The summed E-state index contributed by atoms with van der Waals surface area (Å²) in [6, 6.07) is 3.38. The zero-order chi connectivity index (χ0) is 17.4. The van der Waals surface area contributed by atoms with Crippen molar-refractivity contribution in [3.63, 3.8) is 0 Å². The van der Waals surface area contributed by atoms with Crippen molar-refractivity contribution in [3.05, 3.63) is 35.4 Å². The number of hydrazone groups is 1. The number of halogens is 2. The Morgan fingerprint density at radius 2 is 2.08 bits per heavy atom. The van der Waals surface area contributed by atoms with E-state index in [2.05, 4.69) is 20.7 Å². The molecule has 1 heterocycles. The quantitative estimate of drug-likeness (QED) is 0.353. The fourth-order valence-corrected chi connectivity index (χ4v) is 2.49. The summed E-state index contributed by atoms with van der Waals surface area (Å²) in [5.74, 6) is -1.27. The molecule has 0 amide bonds. The molecule has 0 saturated carbocycles. The molecule has 2 N–H and O–H groups in total. The van der Waals surface area contributed by atoms with Crippen molar-refractivity contribution in [2.45, 2.75) is 13.3 Å². The molecular weight excluding hydrogens is 334 g/mol. The predicted molar refractivity (Wildman–Crippen MR) is 94.2 cm³/mol. The zero-order valence-electron chi connectivity index (χ0n) is 13.6. The van der Waals surface area contributed by atoms with Gasteiger partial charge in [0.1, 0.15) is 11.6 Å². The molecular formula is C16H22F2N4OS. The van der Waals surface area contributed by atoms with Crippen molar-refractivity contribution in [2.75, 3.05) is 39.4 Å². The summed E-state index contributed by atoms with van der Waals surface area (Å²) in [4.78, 5) is 2.35. The van der Waals surface area contributed by atoms with Crippen LogP contribution in [0.5, 0.6) is 0 Å². The minimum Gasteiger partial charge on any atom is -0.379 e. The minimum atomic E-state index is -0.651. The molecule has 1 aromatic rings. The number of thiocarbonyl (C=S) groups is 1. The van der Waals surface area contributed by atoms with E-state index in [9.17, 15) is 8.78 Å². The molecule has 1 aliphatic rings. The topological polar surface area (TPSA) is 48.9 Å². The lowest BCUT2D eigenvalue weighted by Crippen LogP contribution is -2.39. The first-order valence-electron chi connectivity index (χ1n) is 7.90. The van der Waals surface area contributed by atoms with Gasteiger partial charge in [0.25, 0.3) is 0 Å². The summed E-state index contributed by atoms with van der Waals surface area (Å²) in [5.41, 5.74) is 3.30. The Morgan fingerprint density at radius 3 is 2.79 bits per heavy atom. The highest BCUT2D eigenvalue weighted by molar-refractivity contribution is 7.80. The van der Waals surface area contributed by atoms with E-state index in [4.69, 9.17) is 17.0 Å². The third-order valence-electron chi connectivity index (χ3n) is 3.69. The molecule has 5 nitrogen and oxygen atoms in total. The van der Waals surface area contributed by atoms with Crippen LogP contribution in [-0.4, -0.2) is 55.1 Å². The van der Waals surface area contributed by atoms with E-state index in [-0.39, 0.29) is 5.56 Å². The monoisotopic (exact) mass is 356 g/mol. The largest absolute Gasteiger partial charge is 0.379 e. The van der Waals surface area contributed by atoms with E-state index in [1.807, 2.05) is 0 Å². The number of ether oxygens (including phenoxy) is 1. The fraction of sp³-hybridized carbons (Fsp3) is 0.500. The molecule has 0 radical (unpaired) electrons. The molecule has 1 saturated heterocycles. The zero-order valence-corrected chi connectivity index (χ0v) is 14.5. The number of hydrogen-bond acceptors (Lipinski definition) is 4. The summed E-state index contributed by atoms with van der Waals surface area (Å²) in [5, 5.41) is 7.46. The van der Waals surface area contributed by atoms with Gasteiger partial charge in [0.15, 0.2) is 5.11 Å². The number of hydrogen-bond donors (Lipinski definition) is 2. The summed E-state index contributed by atoms with van der Waals surface area (Å²) in [7, 11) is 0.